The van der Waals surface area contributed by atoms with Crippen LogP contribution in [-0.4, -0.2) is 55.3 Å². The fourth-order valence-corrected chi connectivity index (χ4v) is 3.88. The Morgan fingerprint density at radius 1 is 1.29 bits per heavy atom. The van der Waals surface area contributed by atoms with Crippen molar-refractivity contribution in [2.24, 2.45) is 4.40 Å². The molecule has 0 aliphatic carbocycles. The predicted octanol–water partition coefficient (Wildman–Crippen LogP) is 3.50. The van der Waals surface area contributed by atoms with E-state index in [-0.39, 0.29) is 6.09 Å². The second-order valence-electron chi connectivity index (χ2n) is 9.22. The lowest BCUT2D eigenvalue weighted by Gasteiger charge is -2.38. The first-order valence-corrected chi connectivity index (χ1v) is 10.7. The molecule has 3 rings (SSSR count). The summed E-state index contributed by atoms with van der Waals surface area (Å²) in [4.78, 5) is 18.5. The highest BCUT2D eigenvalue weighted by Gasteiger charge is 2.51. The van der Waals surface area contributed by atoms with E-state index in [1.807, 2.05) is 53.7 Å². The van der Waals surface area contributed by atoms with E-state index in [2.05, 4.69) is 9.38 Å². The van der Waals surface area contributed by atoms with Gasteiger partial charge in [-0.05, 0) is 53.7 Å². The van der Waals surface area contributed by atoms with Crippen molar-refractivity contribution < 1.29 is 18.8 Å². The molecule has 1 spiro atoms. The third-order valence-electron chi connectivity index (χ3n) is 4.65. The second kappa shape index (κ2) is 7.22. The molecule has 0 unspecified atom stereocenters. The summed E-state index contributed by atoms with van der Waals surface area (Å²) < 4.78 is 28.6. The molecule has 7 nitrogen and oxygen atoms in total. The van der Waals surface area contributed by atoms with Gasteiger partial charge in [-0.1, -0.05) is 4.40 Å². The number of likely N-dealkylation sites (tertiary alicyclic amines) is 1. The number of amides is 1. The summed E-state index contributed by atoms with van der Waals surface area (Å²) in [6.07, 6.45) is 2.45. The number of hydrogen-bond acceptors (Lipinski definition) is 6. The van der Waals surface area contributed by atoms with Crippen LogP contribution in [0.3, 0.4) is 0 Å². The van der Waals surface area contributed by atoms with E-state index < -0.39 is 27.3 Å². The summed E-state index contributed by atoms with van der Waals surface area (Å²) in [6.45, 7) is 12.2. The number of rotatable bonds is 1. The van der Waals surface area contributed by atoms with Gasteiger partial charge in [-0.15, -0.1) is 0 Å². The van der Waals surface area contributed by atoms with Crippen LogP contribution >= 0.6 is 0 Å². The Morgan fingerprint density at radius 3 is 2.50 bits per heavy atom. The minimum Gasteiger partial charge on any atom is -0.591 e. The molecule has 0 radical (unpaired) electrons. The summed E-state index contributed by atoms with van der Waals surface area (Å²) in [5.74, 6) is 0.651. The highest BCUT2D eigenvalue weighted by Crippen LogP contribution is 2.41. The number of pyridine rings is 1. The SMILES string of the molecule is CC(C)(C)OC(=O)N1CCC2(CC1)Oc1cccnc1/C2=N\[S@@+]([O-])C(C)(C)C. The molecule has 1 atom stereocenters. The normalized spacial score (nSPS) is 21.4. The smallest absolute Gasteiger partial charge is 0.410 e. The number of fused-ring (bicyclic) bond motifs is 1. The molecule has 3 heterocycles. The van der Waals surface area contributed by atoms with Gasteiger partial charge in [0.15, 0.2) is 11.3 Å². The van der Waals surface area contributed by atoms with Crippen LogP contribution in [0.15, 0.2) is 22.7 Å². The molecular formula is C20H29N3O4S. The number of piperidine rings is 1. The molecule has 1 amide bonds. The number of carbonyl (C=O) groups is 1. The van der Waals surface area contributed by atoms with Crippen molar-refractivity contribution in [3.05, 3.63) is 24.0 Å². The standard InChI is InChI=1S/C20H29N3O4S/c1-18(2,3)27-17(24)23-12-9-20(10-13-23)16(22-28(25)19(4,5)6)15-14(26-20)8-7-11-21-15/h7-8,11H,9-10,12-13H2,1-6H3/b22-16+/t28-/m0/s1. The van der Waals surface area contributed by atoms with E-state index in [9.17, 15) is 9.35 Å². The van der Waals surface area contributed by atoms with Gasteiger partial charge >= 0.3 is 6.09 Å². The van der Waals surface area contributed by atoms with E-state index in [1.54, 1.807) is 11.1 Å². The molecule has 1 fully saturated rings. The zero-order chi connectivity index (χ0) is 20.7. The Bertz CT molecular complexity index is 774. The first-order chi connectivity index (χ1) is 12.9. The lowest BCUT2D eigenvalue weighted by atomic mass is 9.86. The maximum Gasteiger partial charge on any atom is 0.410 e. The maximum absolute atomic E-state index is 12.7. The molecule has 0 N–H and O–H groups in total. The lowest BCUT2D eigenvalue weighted by Crippen LogP contribution is -2.53. The van der Waals surface area contributed by atoms with Crippen molar-refractivity contribution in [3.8, 4) is 5.75 Å². The van der Waals surface area contributed by atoms with Crippen molar-refractivity contribution >= 4 is 23.2 Å². The molecular weight excluding hydrogens is 378 g/mol. The molecule has 0 saturated carbocycles. The Morgan fingerprint density at radius 2 is 1.93 bits per heavy atom. The average Bonchev–Trinajstić information content (AvgIpc) is 2.86. The Labute approximate surface area is 169 Å². The van der Waals surface area contributed by atoms with Crippen molar-refractivity contribution in [1.82, 2.24) is 9.88 Å². The molecule has 1 aromatic rings. The topological polar surface area (TPSA) is 87.1 Å². The van der Waals surface area contributed by atoms with Gasteiger partial charge in [0, 0.05) is 32.1 Å². The van der Waals surface area contributed by atoms with Crippen LogP contribution in [0.5, 0.6) is 5.75 Å². The fourth-order valence-electron chi connectivity index (χ4n) is 3.19. The van der Waals surface area contributed by atoms with Crippen LogP contribution in [0, 0.1) is 0 Å². The Balaban J connectivity index is 1.85. The van der Waals surface area contributed by atoms with Crippen LogP contribution in [-0.2, 0) is 16.1 Å². The molecule has 0 bridgehead atoms. The van der Waals surface area contributed by atoms with Crippen LogP contribution in [0.4, 0.5) is 4.79 Å². The zero-order valence-electron chi connectivity index (χ0n) is 17.4. The van der Waals surface area contributed by atoms with Gasteiger partial charge in [0.2, 0.25) is 0 Å². The summed E-state index contributed by atoms with van der Waals surface area (Å²) >= 11 is -1.43. The summed E-state index contributed by atoms with van der Waals surface area (Å²) in [6, 6.07) is 3.67. The predicted molar refractivity (Wildman–Crippen MR) is 109 cm³/mol. The second-order valence-corrected chi connectivity index (χ2v) is 11.1. The average molecular weight is 408 g/mol. The van der Waals surface area contributed by atoms with Gasteiger partial charge in [-0.2, -0.15) is 0 Å². The number of nitrogens with zero attached hydrogens (tertiary/aromatic N) is 3. The quantitative estimate of drug-likeness (QED) is 0.665. The van der Waals surface area contributed by atoms with E-state index >= 15 is 0 Å². The molecule has 2 aliphatic rings. The number of carbonyl (C=O) groups excluding carboxylic acids is 1. The summed E-state index contributed by atoms with van der Waals surface area (Å²) in [5.41, 5.74) is 0.0220. The van der Waals surface area contributed by atoms with E-state index in [4.69, 9.17) is 9.47 Å². The van der Waals surface area contributed by atoms with Gasteiger partial charge in [-0.3, -0.25) is 4.98 Å². The van der Waals surface area contributed by atoms with Gasteiger partial charge in [0.25, 0.3) is 0 Å². The minimum absolute atomic E-state index is 0.326. The van der Waals surface area contributed by atoms with Crippen molar-refractivity contribution in [2.75, 3.05) is 13.1 Å². The number of hydrogen-bond donors (Lipinski definition) is 0. The molecule has 1 aromatic heterocycles. The first-order valence-electron chi connectivity index (χ1n) is 9.55. The summed E-state index contributed by atoms with van der Waals surface area (Å²) in [7, 11) is 0. The highest BCUT2D eigenvalue weighted by molar-refractivity contribution is 7.91. The summed E-state index contributed by atoms with van der Waals surface area (Å²) in [5, 5.41) is 0. The first kappa shape index (κ1) is 20.9. The van der Waals surface area contributed by atoms with Crippen LogP contribution in [0.2, 0.25) is 0 Å². The van der Waals surface area contributed by atoms with E-state index in [0.717, 1.165) is 0 Å². The third-order valence-corrected chi connectivity index (χ3v) is 6.05. The van der Waals surface area contributed by atoms with Crippen molar-refractivity contribution in [3.63, 3.8) is 0 Å². The Hall–Kier alpha value is -1.80. The Kier molecular flexibility index (Phi) is 5.40. The van der Waals surface area contributed by atoms with Crippen LogP contribution in [0.25, 0.3) is 0 Å². The maximum atomic E-state index is 12.7. The van der Waals surface area contributed by atoms with Gasteiger partial charge < -0.3 is 18.9 Å². The molecule has 2 aliphatic heterocycles. The molecule has 1 saturated heterocycles. The van der Waals surface area contributed by atoms with Crippen molar-refractivity contribution in [2.45, 2.75) is 70.3 Å². The lowest BCUT2D eigenvalue weighted by molar-refractivity contribution is 0.00607. The minimum atomic E-state index is -1.43. The third kappa shape index (κ3) is 4.27. The molecule has 28 heavy (non-hydrogen) atoms. The zero-order valence-corrected chi connectivity index (χ0v) is 18.3. The van der Waals surface area contributed by atoms with Gasteiger partial charge in [0.05, 0.1) is 0 Å². The van der Waals surface area contributed by atoms with Crippen molar-refractivity contribution in [1.29, 1.82) is 0 Å². The van der Waals surface area contributed by atoms with Crippen LogP contribution in [0.1, 0.15) is 60.1 Å². The van der Waals surface area contributed by atoms with Crippen LogP contribution < -0.4 is 4.74 Å². The molecule has 154 valence electrons. The molecule has 8 heteroatoms. The largest absolute Gasteiger partial charge is 0.591 e. The number of aromatic nitrogens is 1. The highest BCUT2D eigenvalue weighted by atomic mass is 32.2. The van der Waals surface area contributed by atoms with E-state index in [1.165, 1.54) is 0 Å². The monoisotopic (exact) mass is 407 g/mol. The molecule has 0 aromatic carbocycles. The number of ether oxygens (including phenoxy) is 2. The van der Waals surface area contributed by atoms with Gasteiger partial charge in [0.1, 0.15) is 33.2 Å². The fraction of sp³-hybridized carbons (Fsp3) is 0.650. The van der Waals surface area contributed by atoms with E-state index in [0.29, 0.717) is 43.1 Å². The van der Waals surface area contributed by atoms with Gasteiger partial charge in [-0.25, -0.2) is 4.79 Å².